The van der Waals surface area contributed by atoms with E-state index >= 15 is 0 Å². The summed E-state index contributed by atoms with van der Waals surface area (Å²) in [6.07, 6.45) is 5.13. The van der Waals surface area contributed by atoms with Crippen molar-refractivity contribution in [2.75, 3.05) is 5.32 Å². The molecule has 2 aromatic rings. The number of thiophene rings is 1. The minimum Gasteiger partial charge on any atom is -0.362 e. The molecule has 0 amide bonds. The monoisotopic (exact) mass is 298 g/mol. The third-order valence-electron chi connectivity index (χ3n) is 3.17. The van der Waals surface area contributed by atoms with Gasteiger partial charge in [0, 0.05) is 11.1 Å². The van der Waals surface area contributed by atoms with Gasteiger partial charge in [0.25, 0.3) is 0 Å². The highest BCUT2D eigenvalue weighted by atomic mass is 35.5. The van der Waals surface area contributed by atoms with E-state index in [0.717, 1.165) is 6.42 Å². The van der Waals surface area contributed by atoms with Crippen molar-refractivity contribution >= 4 is 40.4 Å². The van der Waals surface area contributed by atoms with Crippen molar-refractivity contribution in [2.45, 2.75) is 25.3 Å². The average Bonchev–Trinajstić information content (AvgIpc) is 2.82. The highest BCUT2D eigenvalue weighted by Crippen LogP contribution is 2.36. The molecular formula is C13H12Cl2N2S. The van der Waals surface area contributed by atoms with Crippen molar-refractivity contribution < 1.29 is 0 Å². The summed E-state index contributed by atoms with van der Waals surface area (Å²) in [5.41, 5.74) is 1.39. The molecule has 1 aliphatic rings. The van der Waals surface area contributed by atoms with Crippen molar-refractivity contribution in [1.29, 1.82) is 0 Å². The van der Waals surface area contributed by atoms with Crippen LogP contribution in [0.2, 0.25) is 10.0 Å². The number of hydrogen-bond acceptors (Lipinski definition) is 3. The maximum Gasteiger partial charge on any atom is 0.145 e. The number of rotatable bonds is 2. The molecule has 3 rings (SSSR count). The fourth-order valence-electron chi connectivity index (χ4n) is 2.32. The van der Waals surface area contributed by atoms with E-state index in [4.69, 9.17) is 23.2 Å². The standard InChI is InChI=1S/C13H12Cl2N2S/c14-8-6-10(15)13(16-7-8)17-11-2-1-3-12-9(11)4-5-18-12/h4-7,11H,1-3H2,(H,16,17). The Bertz CT molecular complexity index is 568. The van der Waals surface area contributed by atoms with E-state index < -0.39 is 0 Å². The Labute approximate surface area is 120 Å². The van der Waals surface area contributed by atoms with Crippen LogP contribution >= 0.6 is 34.5 Å². The van der Waals surface area contributed by atoms with Gasteiger partial charge in [-0.2, -0.15) is 0 Å². The van der Waals surface area contributed by atoms with E-state index in [1.165, 1.54) is 23.3 Å². The lowest BCUT2D eigenvalue weighted by molar-refractivity contribution is 0.607. The summed E-state index contributed by atoms with van der Waals surface area (Å²) in [5, 5.41) is 6.71. The van der Waals surface area contributed by atoms with Crippen LogP contribution in [0.5, 0.6) is 0 Å². The molecule has 0 saturated heterocycles. The topological polar surface area (TPSA) is 24.9 Å². The molecule has 1 atom stereocenters. The van der Waals surface area contributed by atoms with Gasteiger partial charge in [-0.25, -0.2) is 4.98 Å². The van der Waals surface area contributed by atoms with Crippen molar-refractivity contribution in [2.24, 2.45) is 0 Å². The predicted octanol–water partition coefficient (Wildman–Crippen LogP) is 4.94. The molecule has 0 radical (unpaired) electrons. The third kappa shape index (κ3) is 2.35. The highest BCUT2D eigenvalue weighted by molar-refractivity contribution is 7.10. The summed E-state index contributed by atoms with van der Waals surface area (Å²) in [5.74, 6) is 0.713. The number of nitrogens with zero attached hydrogens (tertiary/aromatic N) is 1. The molecule has 0 fully saturated rings. The van der Waals surface area contributed by atoms with Crippen LogP contribution in [0.3, 0.4) is 0 Å². The van der Waals surface area contributed by atoms with Gasteiger partial charge in [0.1, 0.15) is 5.82 Å². The summed E-state index contributed by atoms with van der Waals surface area (Å²) >= 11 is 13.8. The molecule has 2 nitrogen and oxygen atoms in total. The Kier molecular flexibility index (Phi) is 3.46. The zero-order valence-electron chi connectivity index (χ0n) is 9.62. The van der Waals surface area contributed by atoms with Gasteiger partial charge >= 0.3 is 0 Å². The van der Waals surface area contributed by atoms with E-state index in [0.29, 0.717) is 21.9 Å². The largest absolute Gasteiger partial charge is 0.362 e. The second kappa shape index (κ2) is 5.08. The van der Waals surface area contributed by atoms with Gasteiger partial charge in [-0.1, -0.05) is 23.2 Å². The maximum atomic E-state index is 6.14. The van der Waals surface area contributed by atoms with Crippen LogP contribution in [0.15, 0.2) is 23.7 Å². The minimum absolute atomic E-state index is 0.311. The Morgan fingerprint density at radius 1 is 1.39 bits per heavy atom. The van der Waals surface area contributed by atoms with Gasteiger partial charge in [0.2, 0.25) is 0 Å². The third-order valence-corrected chi connectivity index (χ3v) is 4.66. The molecular weight excluding hydrogens is 287 g/mol. The highest BCUT2D eigenvalue weighted by Gasteiger charge is 2.21. The molecule has 0 saturated carbocycles. The molecule has 18 heavy (non-hydrogen) atoms. The number of halogens is 2. The quantitative estimate of drug-likeness (QED) is 0.849. The van der Waals surface area contributed by atoms with E-state index in [1.807, 2.05) is 11.3 Å². The zero-order chi connectivity index (χ0) is 12.5. The Hall–Kier alpha value is -0.770. The number of aromatic nitrogens is 1. The van der Waals surface area contributed by atoms with Gasteiger partial charge in [-0.15, -0.1) is 11.3 Å². The van der Waals surface area contributed by atoms with Gasteiger partial charge in [0.05, 0.1) is 16.1 Å². The molecule has 2 heterocycles. The Morgan fingerprint density at radius 3 is 3.11 bits per heavy atom. The molecule has 5 heteroatoms. The number of nitrogens with one attached hydrogen (secondary N) is 1. The zero-order valence-corrected chi connectivity index (χ0v) is 11.9. The first-order valence-corrected chi connectivity index (χ1v) is 7.51. The fraction of sp³-hybridized carbons (Fsp3) is 0.308. The molecule has 0 aliphatic heterocycles. The predicted molar refractivity (Wildman–Crippen MR) is 77.9 cm³/mol. The number of hydrogen-bond donors (Lipinski definition) is 1. The molecule has 94 valence electrons. The minimum atomic E-state index is 0.311. The molecule has 0 bridgehead atoms. The van der Waals surface area contributed by atoms with Crippen LogP contribution in [0.4, 0.5) is 5.82 Å². The molecule has 1 N–H and O–H groups in total. The number of pyridine rings is 1. The lowest BCUT2D eigenvalue weighted by atomic mass is 9.94. The summed E-state index contributed by atoms with van der Waals surface area (Å²) in [6.45, 7) is 0. The fourth-order valence-corrected chi connectivity index (χ4v) is 3.74. The summed E-state index contributed by atoms with van der Waals surface area (Å²) in [6, 6.07) is 4.22. The average molecular weight is 299 g/mol. The second-order valence-electron chi connectivity index (χ2n) is 4.37. The summed E-state index contributed by atoms with van der Waals surface area (Å²) in [7, 11) is 0. The van der Waals surface area contributed by atoms with E-state index in [9.17, 15) is 0 Å². The maximum absolute atomic E-state index is 6.14. The normalized spacial score (nSPS) is 18.4. The molecule has 1 unspecified atom stereocenters. The summed E-state index contributed by atoms with van der Waals surface area (Å²) in [4.78, 5) is 5.73. The Morgan fingerprint density at radius 2 is 2.28 bits per heavy atom. The van der Waals surface area contributed by atoms with Gasteiger partial charge in [-0.3, -0.25) is 0 Å². The van der Waals surface area contributed by atoms with Crippen LogP contribution in [-0.2, 0) is 6.42 Å². The molecule has 2 aromatic heterocycles. The second-order valence-corrected chi connectivity index (χ2v) is 6.22. The van der Waals surface area contributed by atoms with Crippen LogP contribution in [0.25, 0.3) is 0 Å². The van der Waals surface area contributed by atoms with Crippen molar-refractivity contribution in [1.82, 2.24) is 4.98 Å². The first-order valence-electron chi connectivity index (χ1n) is 5.88. The first kappa shape index (κ1) is 12.3. The van der Waals surface area contributed by atoms with Crippen LogP contribution in [-0.4, -0.2) is 4.98 Å². The van der Waals surface area contributed by atoms with Crippen LogP contribution < -0.4 is 5.32 Å². The molecule has 0 aromatic carbocycles. The van der Waals surface area contributed by atoms with E-state index in [1.54, 1.807) is 12.3 Å². The van der Waals surface area contributed by atoms with Crippen molar-refractivity contribution in [3.05, 3.63) is 44.2 Å². The van der Waals surface area contributed by atoms with E-state index in [2.05, 4.69) is 21.7 Å². The van der Waals surface area contributed by atoms with Crippen molar-refractivity contribution in [3.8, 4) is 0 Å². The van der Waals surface area contributed by atoms with Gasteiger partial charge < -0.3 is 5.32 Å². The molecule has 0 spiro atoms. The lowest BCUT2D eigenvalue weighted by Crippen LogP contribution is -2.16. The smallest absolute Gasteiger partial charge is 0.145 e. The van der Waals surface area contributed by atoms with Gasteiger partial charge in [-0.05, 0) is 42.3 Å². The number of fused-ring (bicyclic) bond motifs is 1. The van der Waals surface area contributed by atoms with Gasteiger partial charge in [0.15, 0.2) is 0 Å². The van der Waals surface area contributed by atoms with Crippen molar-refractivity contribution in [3.63, 3.8) is 0 Å². The lowest BCUT2D eigenvalue weighted by Gasteiger charge is -2.24. The first-order chi connectivity index (χ1) is 8.74. The van der Waals surface area contributed by atoms with Crippen LogP contribution in [0.1, 0.15) is 29.3 Å². The number of anilines is 1. The van der Waals surface area contributed by atoms with Crippen LogP contribution in [0, 0.1) is 0 Å². The molecule has 1 aliphatic carbocycles. The Balaban J connectivity index is 1.86. The SMILES string of the molecule is Clc1cnc(NC2CCCc3sccc32)c(Cl)c1. The van der Waals surface area contributed by atoms with E-state index in [-0.39, 0.29) is 0 Å². The summed E-state index contributed by atoms with van der Waals surface area (Å²) < 4.78 is 0. The number of aryl methyl sites for hydroxylation is 1.